The normalized spacial score (nSPS) is 10.2. The van der Waals surface area contributed by atoms with E-state index in [1.807, 2.05) is 30.3 Å². The van der Waals surface area contributed by atoms with Crippen molar-refractivity contribution in [2.75, 3.05) is 19.0 Å². The lowest BCUT2D eigenvalue weighted by Gasteiger charge is -2.08. The number of anilines is 1. The van der Waals surface area contributed by atoms with Gasteiger partial charge in [0.2, 0.25) is 5.91 Å². The molecule has 1 aromatic carbocycles. The molecule has 7 nitrogen and oxygen atoms in total. The topological polar surface area (TPSA) is 82.5 Å². The molecule has 1 amide bonds. The van der Waals surface area contributed by atoms with E-state index >= 15 is 0 Å². The van der Waals surface area contributed by atoms with Crippen LogP contribution in [0.15, 0.2) is 30.3 Å². The van der Waals surface area contributed by atoms with Gasteiger partial charge in [-0.3, -0.25) is 9.48 Å². The molecule has 1 aromatic heterocycles. The Morgan fingerprint density at radius 1 is 1.26 bits per heavy atom. The number of carbonyl (C=O) groups is 2. The smallest absolute Gasteiger partial charge is 0.360 e. The van der Waals surface area contributed by atoms with Gasteiger partial charge in [0.25, 0.3) is 0 Å². The molecule has 0 aliphatic carbocycles. The Morgan fingerprint density at radius 3 is 2.61 bits per heavy atom. The molecule has 122 valence electrons. The maximum atomic E-state index is 12.0. The average molecular weight is 317 g/mol. The first kappa shape index (κ1) is 16.5. The van der Waals surface area contributed by atoms with Crippen LogP contribution in [-0.2, 0) is 16.6 Å². The molecule has 0 aliphatic rings. The van der Waals surface area contributed by atoms with E-state index in [-0.39, 0.29) is 24.6 Å². The highest BCUT2D eigenvalue weighted by Crippen LogP contribution is 2.20. The fourth-order valence-electron chi connectivity index (χ4n) is 1.98. The van der Waals surface area contributed by atoms with Gasteiger partial charge in [-0.05, 0) is 19.1 Å². The minimum absolute atomic E-state index is 0.0878. The van der Waals surface area contributed by atoms with E-state index in [1.54, 1.807) is 14.0 Å². The number of para-hydroxylation sites is 1. The number of methoxy groups -OCH3 is 1. The number of amides is 1. The van der Waals surface area contributed by atoms with Crippen molar-refractivity contribution >= 4 is 17.6 Å². The summed E-state index contributed by atoms with van der Waals surface area (Å²) < 4.78 is 11.7. The zero-order chi connectivity index (χ0) is 16.8. The molecular formula is C16H19N3O4. The van der Waals surface area contributed by atoms with Crippen LogP contribution < -0.4 is 10.1 Å². The van der Waals surface area contributed by atoms with Gasteiger partial charge in [0, 0.05) is 7.05 Å². The van der Waals surface area contributed by atoms with Gasteiger partial charge < -0.3 is 14.8 Å². The van der Waals surface area contributed by atoms with Crippen LogP contribution in [0.4, 0.5) is 5.69 Å². The van der Waals surface area contributed by atoms with E-state index in [1.165, 1.54) is 11.8 Å². The highest BCUT2D eigenvalue weighted by Gasteiger charge is 2.21. The first-order valence-corrected chi connectivity index (χ1v) is 7.12. The van der Waals surface area contributed by atoms with Crippen molar-refractivity contribution in [2.24, 2.45) is 7.05 Å². The molecule has 0 aliphatic heterocycles. The van der Waals surface area contributed by atoms with Crippen LogP contribution >= 0.6 is 0 Å². The molecular weight excluding hydrogens is 298 g/mol. The van der Waals surface area contributed by atoms with Crippen LogP contribution in [0, 0.1) is 6.92 Å². The third kappa shape index (κ3) is 4.09. The molecule has 0 spiro atoms. The number of aromatic nitrogens is 2. The van der Waals surface area contributed by atoms with Crippen molar-refractivity contribution in [3.8, 4) is 5.75 Å². The van der Waals surface area contributed by atoms with E-state index in [0.717, 1.165) is 0 Å². The number of esters is 1. The predicted molar refractivity (Wildman–Crippen MR) is 84.5 cm³/mol. The number of hydrogen-bond donors (Lipinski definition) is 1. The number of hydrogen-bond acceptors (Lipinski definition) is 5. The Labute approximate surface area is 134 Å². The van der Waals surface area contributed by atoms with Gasteiger partial charge >= 0.3 is 5.97 Å². The van der Waals surface area contributed by atoms with Crippen LogP contribution in [0.3, 0.4) is 0 Å². The van der Waals surface area contributed by atoms with Crippen molar-refractivity contribution in [1.29, 1.82) is 0 Å². The second kappa shape index (κ2) is 7.44. The van der Waals surface area contributed by atoms with Crippen molar-refractivity contribution < 1.29 is 19.1 Å². The van der Waals surface area contributed by atoms with E-state index < -0.39 is 5.97 Å². The second-order valence-corrected chi connectivity index (χ2v) is 4.88. The summed E-state index contributed by atoms with van der Waals surface area (Å²) in [5.74, 6) is -0.153. The molecule has 0 bridgehead atoms. The van der Waals surface area contributed by atoms with Gasteiger partial charge in [-0.2, -0.15) is 5.10 Å². The minimum Gasteiger partial charge on any atom is -0.493 e. The number of aryl methyl sites for hydroxylation is 1. The van der Waals surface area contributed by atoms with Gasteiger partial charge in [0.1, 0.15) is 5.75 Å². The number of ether oxygens (including phenoxy) is 2. The highest BCUT2D eigenvalue weighted by atomic mass is 16.5. The Bertz CT molecular complexity index is 695. The first-order chi connectivity index (χ1) is 11.0. The number of nitrogens with one attached hydrogen (secondary N) is 1. The fraction of sp³-hybridized carbons (Fsp3) is 0.312. The molecule has 0 saturated carbocycles. The molecule has 1 N–H and O–H groups in total. The maximum absolute atomic E-state index is 12.0. The summed E-state index contributed by atoms with van der Waals surface area (Å²) in [4.78, 5) is 23.8. The van der Waals surface area contributed by atoms with Gasteiger partial charge in [-0.25, -0.2) is 4.79 Å². The van der Waals surface area contributed by atoms with Crippen LogP contribution in [-0.4, -0.2) is 35.4 Å². The summed E-state index contributed by atoms with van der Waals surface area (Å²) in [5, 5.41) is 6.76. The zero-order valence-electron chi connectivity index (χ0n) is 13.3. The van der Waals surface area contributed by atoms with Crippen molar-refractivity contribution in [3.05, 3.63) is 41.7 Å². The Kier molecular flexibility index (Phi) is 5.35. The predicted octanol–water partition coefficient (Wildman–Crippen LogP) is 1.92. The monoisotopic (exact) mass is 317 g/mol. The van der Waals surface area contributed by atoms with Crippen molar-refractivity contribution in [1.82, 2.24) is 9.78 Å². The van der Waals surface area contributed by atoms with E-state index in [4.69, 9.17) is 4.74 Å². The van der Waals surface area contributed by atoms with Gasteiger partial charge in [0.15, 0.2) is 5.69 Å². The lowest BCUT2D eigenvalue weighted by Crippen LogP contribution is -2.17. The summed E-state index contributed by atoms with van der Waals surface area (Å²) in [5.41, 5.74) is 1.12. The fourth-order valence-corrected chi connectivity index (χ4v) is 1.98. The third-order valence-corrected chi connectivity index (χ3v) is 3.32. The molecule has 2 rings (SSSR count). The number of carbonyl (C=O) groups excluding carboxylic acids is 2. The van der Waals surface area contributed by atoms with Gasteiger partial charge in [-0.1, -0.05) is 18.2 Å². The third-order valence-electron chi connectivity index (χ3n) is 3.32. The SMILES string of the molecule is COC(=O)c1nn(C)c(C)c1NC(=O)CCOc1ccccc1. The Morgan fingerprint density at radius 2 is 1.96 bits per heavy atom. The Hall–Kier alpha value is -2.83. The quantitative estimate of drug-likeness (QED) is 0.823. The highest BCUT2D eigenvalue weighted by molar-refractivity contribution is 6.00. The van der Waals surface area contributed by atoms with Crippen molar-refractivity contribution in [3.63, 3.8) is 0 Å². The molecule has 7 heteroatoms. The summed E-state index contributed by atoms with van der Waals surface area (Å²) in [6.07, 6.45) is 0.157. The number of benzene rings is 1. The van der Waals surface area contributed by atoms with E-state index in [0.29, 0.717) is 17.1 Å². The van der Waals surface area contributed by atoms with E-state index in [2.05, 4.69) is 15.2 Å². The largest absolute Gasteiger partial charge is 0.493 e. The van der Waals surface area contributed by atoms with Crippen LogP contribution in [0.5, 0.6) is 5.75 Å². The lowest BCUT2D eigenvalue weighted by molar-refractivity contribution is -0.116. The second-order valence-electron chi connectivity index (χ2n) is 4.88. The van der Waals surface area contributed by atoms with Crippen LogP contribution in [0.2, 0.25) is 0 Å². The molecule has 0 atom stereocenters. The Balaban J connectivity index is 1.96. The van der Waals surface area contributed by atoms with Gasteiger partial charge in [0.05, 0.1) is 31.5 Å². The molecule has 1 heterocycles. The molecule has 2 aromatic rings. The zero-order valence-corrected chi connectivity index (χ0v) is 13.3. The summed E-state index contributed by atoms with van der Waals surface area (Å²) in [7, 11) is 2.96. The summed E-state index contributed by atoms with van der Waals surface area (Å²) in [6.45, 7) is 2.00. The van der Waals surface area contributed by atoms with E-state index in [9.17, 15) is 9.59 Å². The molecule has 23 heavy (non-hydrogen) atoms. The lowest BCUT2D eigenvalue weighted by atomic mass is 10.2. The van der Waals surface area contributed by atoms with Crippen molar-refractivity contribution in [2.45, 2.75) is 13.3 Å². The summed E-state index contributed by atoms with van der Waals surface area (Å²) in [6, 6.07) is 9.24. The van der Waals surface area contributed by atoms with Crippen LogP contribution in [0.1, 0.15) is 22.6 Å². The average Bonchev–Trinajstić information content (AvgIpc) is 2.83. The van der Waals surface area contributed by atoms with Crippen LogP contribution in [0.25, 0.3) is 0 Å². The molecule has 0 saturated heterocycles. The summed E-state index contributed by atoms with van der Waals surface area (Å²) >= 11 is 0. The molecule has 0 unspecified atom stereocenters. The number of rotatable bonds is 6. The molecule has 0 radical (unpaired) electrons. The standard InChI is InChI=1S/C16H19N3O4/c1-11-14(15(16(21)22-3)18-19(11)2)17-13(20)9-10-23-12-7-5-4-6-8-12/h4-8H,9-10H2,1-3H3,(H,17,20). The van der Waals surface area contributed by atoms with Gasteiger partial charge in [-0.15, -0.1) is 0 Å². The first-order valence-electron chi connectivity index (χ1n) is 7.12. The minimum atomic E-state index is -0.593. The maximum Gasteiger partial charge on any atom is 0.360 e. The number of nitrogens with zero attached hydrogens (tertiary/aromatic N) is 2. The molecule has 0 fully saturated rings.